The van der Waals surface area contributed by atoms with Gasteiger partial charge in [0.25, 0.3) is 0 Å². The third kappa shape index (κ3) is 46.0. The monoisotopic (exact) mass is 809 g/mol. The first-order valence-corrected chi connectivity index (χ1v) is 24.5. The first-order valence-electron chi connectivity index (χ1n) is 24.5. The van der Waals surface area contributed by atoms with E-state index in [0.717, 1.165) is 70.6 Å². The van der Waals surface area contributed by atoms with E-state index in [0.29, 0.717) is 13.0 Å². The van der Waals surface area contributed by atoms with Crippen molar-refractivity contribution in [3.63, 3.8) is 0 Å². The van der Waals surface area contributed by atoms with E-state index in [1.165, 1.54) is 122 Å². The molecule has 0 aromatic rings. The van der Waals surface area contributed by atoms with Gasteiger partial charge in [-0.1, -0.05) is 216 Å². The molecule has 0 aliphatic rings. The van der Waals surface area contributed by atoms with Gasteiger partial charge in [-0.2, -0.15) is 0 Å². The van der Waals surface area contributed by atoms with Crippen LogP contribution in [-0.4, -0.2) is 37.9 Å². The third-order valence-electron chi connectivity index (χ3n) is 10.3. The minimum absolute atomic E-state index is 0.0279. The summed E-state index contributed by atoms with van der Waals surface area (Å²) in [6, 6.07) is 0. The molecule has 0 aromatic carbocycles. The van der Waals surface area contributed by atoms with Gasteiger partial charge in [-0.05, 0) is 70.6 Å². The Kier molecular flexibility index (Phi) is 46.5. The van der Waals surface area contributed by atoms with Crippen LogP contribution in [0.2, 0.25) is 0 Å². The Morgan fingerprint density at radius 2 is 0.828 bits per heavy atom. The second kappa shape index (κ2) is 48.7. The molecule has 58 heavy (non-hydrogen) atoms. The Bertz CT molecular complexity index is 1050. The zero-order chi connectivity index (χ0) is 42.1. The van der Waals surface area contributed by atoms with Crippen LogP contribution in [0.5, 0.6) is 0 Å². The van der Waals surface area contributed by atoms with Gasteiger partial charge in [0.15, 0.2) is 6.10 Å². The van der Waals surface area contributed by atoms with Crippen LogP contribution in [0.25, 0.3) is 0 Å². The van der Waals surface area contributed by atoms with Crippen LogP contribution in [0.3, 0.4) is 0 Å². The lowest BCUT2D eigenvalue weighted by Gasteiger charge is -2.18. The fourth-order valence-electron chi connectivity index (χ4n) is 6.64. The van der Waals surface area contributed by atoms with E-state index in [-0.39, 0.29) is 31.6 Å². The molecule has 0 rings (SSSR count). The largest absolute Gasteiger partial charge is 0.461 e. The summed E-state index contributed by atoms with van der Waals surface area (Å²) in [5.41, 5.74) is 0. The highest BCUT2D eigenvalue weighted by molar-refractivity contribution is 5.71. The predicted molar refractivity (Wildman–Crippen MR) is 251 cm³/mol. The average molecular weight is 809 g/mol. The SMILES string of the molecule is CC/C=C\C/C=C\C/C=C\C/C=C\C/C=C\CC(=O)OCC(COCCCCCCCCCCCCCC)OC(=O)CCCCCCC/C=C\CCCCCCCC. The summed E-state index contributed by atoms with van der Waals surface area (Å²) < 4.78 is 17.2. The zero-order valence-electron chi connectivity index (χ0n) is 38.3. The van der Waals surface area contributed by atoms with Crippen molar-refractivity contribution in [1.82, 2.24) is 0 Å². The van der Waals surface area contributed by atoms with Gasteiger partial charge in [0, 0.05) is 13.0 Å². The first kappa shape index (κ1) is 55.3. The molecule has 0 aliphatic heterocycles. The van der Waals surface area contributed by atoms with E-state index < -0.39 is 6.10 Å². The molecule has 5 heteroatoms. The molecule has 0 saturated carbocycles. The van der Waals surface area contributed by atoms with Gasteiger partial charge in [0.05, 0.1) is 13.0 Å². The van der Waals surface area contributed by atoms with Crippen LogP contribution in [0.4, 0.5) is 0 Å². The summed E-state index contributed by atoms with van der Waals surface area (Å²) in [4.78, 5) is 25.3. The molecule has 0 aromatic heterocycles. The van der Waals surface area contributed by atoms with Crippen LogP contribution in [0.1, 0.15) is 226 Å². The fourth-order valence-corrected chi connectivity index (χ4v) is 6.64. The van der Waals surface area contributed by atoms with E-state index in [2.05, 4.69) is 81.5 Å². The van der Waals surface area contributed by atoms with E-state index in [1.807, 2.05) is 12.2 Å². The number of carbonyl (C=O) groups is 2. The average Bonchev–Trinajstić information content (AvgIpc) is 3.22. The highest BCUT2D eigenvalue weighted by atomic mass is 16.6. The molecule has 1 unspecified atom stereocenters. The lowest BCUT2D eigenvalue weighted by molar-refractivity contribution is -0.162. The second-order valence-corrected chi connectivity index (χ2v) is 16.0. The quantitative estimate of drug-likeness (QED) is 0.0348. The molecule has 0 bridgehead atoms. The highest BCUT2D eigenvalue weighted by Crippen LogP contribution is 2.14. The minimum atomic E-state index is -0.578. The van der Waals surface area contributed by atoms with Gasteiger partial charge >= 0.3 is 11.9 Å². The maximum absolute atomic E-state index is 12.8. The minimum Gasteiger partial charge on any atom is -0.461 e. The third-order valence-corrected chi connectivity index (χ3v) is 10.3. The molecule has 0 amide bonds. The number of allylic oxidation sites excluding steroid dienone is 11. The second-order valence-electron chi connectivity index (χ2n) is 16.0. The van der Waals surface area contributed by atoms with Gasteiger partial charge in [0.1, 0.15) is 6.61 Å². The highest BCUT2D eigenvalue weighted by Gasteiger charge is 2.17. The molecule has 0 saturated heterocycles. The lowest BCUT2D eigenvalue weighted by atomic mass is 10.1. The van der Waals surface area contributed by atoms with Gasteiger partial charge in [-0.3, -0.25) is 9.59 Å². The Morgan fingerprint density at radius 1 is 0.414 bits per heavy atom. The maximum atomic E-state index is 12.8. The van der Waals surface area contributed by atoms with Crippen molar-refractivity contribution in [3.8, 4) is 0 Å². The smallest absolute Gasteiger partial charge is 0.309 e. The molecule has 5 nitrogen and oxygen atoms in total. The van der Waals surface area contributed by atoms with Crippen LogP contribution < -0.4 is 0 Å². The van der Waals surface area contributed by atoms with Gasteiger partial charge < -0.3 is 14.2 Å². The molecular weight excluding hydrogens is 717 g/mol. The van der Waals surface area contributed by atoms with Crippen LogP contribution in [0.15, 0.2) is 72.9 Å². The molecule has 1 atom stereocenters. The molecule has 334 valence electrons. The van der Waals surface area contributed by atoms with Gasteiger partial charge in [-0.25, -0.2) is 0 Å². The lowest BCUT2D eigenvalue weighted by Crippen LogP contribution is -2.30. The van der Waals surface area contributed by atoms with Crippen molar-refractivity contribution < 1.29 is 23.8 Å². The van der Waals surface area contributed by atoms with Crippen LogP contribution in [0, 0.1) is 0 Å². The molecule has 0 heterocycles. The van der Waals surface area contributed by atoms with Crippen molar-refractivity contribution in [2.75, 3.05) is 19.8 Å². The number of hydrogen-bond donors (Lipinski definition) is 0. The standard InChI is InChI=1S/C53H92O5/c1-4-7-10-13-16-19-22-25-27-29-31-34-37-40-43-46-52(54)57-50-51(49-56-48-45-42-39-36-33-24-21-18-15-12-9-6-3)58-53(55)47-44-41-38-35-32-30-28-26-23-20-17-14-11-8-5-2/h7,10,16,19,25-28,31,34,40,43,51H,4-6,8-9,11-15,17-18,20-24,29-30,32-33,35-39,41-42,44-50H2,1-3H3/b10-7-,19-16-,27-25-,28-26-,34-31-,43-40-. The summed E-state index contributed by atoms with van der Waals surface area (Å²) in [6.45, 7) is 7.60. The zero-order valence-corrected chi connectivity index (χ0v) is 38.3. The predicted octanol–water partition coefficient (Wildman–Crippen LogP) is 16.3. The Balaban J connectivity index is 4.39. The summed E-state index contributed by atoms with van der Waals surface area (Å²) in [5, 5.41) is 0. The maximum Gasteiger partial charge on any atom is 0.309 e. The summed E-state index contributed by atoms with van der Waals surface area (Å²) in [7, 11) is 0. The molecule has 0 spiro atoms. The van der Waals surface area contributed by atoms with E-state index in [1.54, 1.807) is 0 Å². The van der Waals surface area contributed by atoms with Crippen LogP contribution in [-0.2, 0) is 23.8 Å². The molecular formula is C53H92O5. The number of rotatable bonds is 44. The molecule has 0 fully saturated rings. The van der Waals surface area contributed by atoms with Crippen molar-refractivity contribution in [3.05, 3.63) is 72.9 Å². The van der Waals surface area contributed by atoms with Gasteiger partial charge in [-0.15, -0.1) is 0 Å². The normalized spacial score (nSPS) is 12.8. The number of hydrogen-bond acceptors (Lipinski definition) is 5. The fraction of sp³-hybridized carbons (Fsp3) is 0.736. The topological polar surface area (TPSA) is 61.8 Å². The first-order chi connectivity index (χ1) is 28.6. The number of carbonyl (C=O) groups excluding carboxylic acids is 2. The Morgan fingerprint density at radius 3 is 1.31 bits per heavy atom. The van der Waals surface area contributed by atoms with Crippen LogP contribution >= 0.6 is 0 Å². The molecule has 0 N–H and O–H groups in total. The van der Waals surface area contributed by atoms with Crippen molar-refractivity contribution in [1.29, 1.82) is 0 Å². The van der Waals surface area contributed by atoms with E-state index in [9.17, 15) is 9.59 Å². The van der Waals surface area contributed by atoms with Crippen molar-refractivity contribution >= 4 is 11.9 Å². The van der Waals surface area contributed by atoms with Crippen molar-refractivity contribution in [2.45, 2.75) is 232 Å². The number of ether oxygens (including phenoxy) is 3. The van der Waals surface area contributed by atoms with Gasteiger partial charge in [0.2, 0.25) is 0 Å². The number of unbranched alkanes of at least 4 members (excludes halogenated alkanes) is 22. The summed E-state index contributed by atoms with van der Waals surface area (Å²) >= 11 is 0. The summed E-state index contributed by atoms with van der Waals surface area (Å²) in [5.74, 6) is -0.550. The Hall–Kier alpha value is -2.66. The van der Waals surface area contributed by atoms with E-state index >= 15 is 0 Å². The Labute approximate surface area is 359 Å². The molecule has 0 aliphatic carbocycles. The van der Waals surface area contributed by atoms with Crippen molar-refractivity contribution in [2.24, 2.45) is 0 Å². The number of esters is 2. The summed E-state index contributed by atoms with van der Waals surface area (Å²) in [6.07, 6.45) is 62.1. The molecule has 0 radical (unpaired) electrons. The van der Waals surface area contributed by atoms with E-state index in [4.69, 9.17) is 14.2 Å².